The van der Waals surface area contributed by atoms with Crippen molar-refractivity contribution in [2.75, 3.05) is 6.54 Å². The van der Waals surface area contributed by atoms with E-state index in [1.807, 2.05) is 0 Å². The van der Waals surface area contributed by atoms with Crippen molar-refractivity contribution < 1.29 is 14.2 Å². The smallest absolute Gasteiger partial charge is 0.203 e. The van der Waals surface area contributed by atoms with Crippen molar-refractivity contribution in [3.8, 4) is 0 Å². The molecule has 1 aliphatic heterocycles. The molecule has 0 fully saturated rings. The van der Waals surface area contributed by atoms with E-state index in [9.17, 15) is 9.50 Å². The van der Waals surface area contributed by atoms with Gasteiger partial charge in [-0.3, -0.25) is 0 Å². The first-order valence-electron chi connectivity index (χ1n) is 4.35. The van der Waals surface area contributed by atoms with Gasteiger partial charge in [-0.1, -0.05) is 4.68 Å². The van der Waals surface area contributed by atoms with Gasteiger partial charge in [-0.05, 0) is 29.4 Å². The van der Waals surface area contributed by atoms with E-state index >= 15 is 0 Å². The highest BCUT2D eigenvalue weighted by Crippen LogP contribution is 2.01. The van der Waals surface area contributed by atoms with Gasteiger partial charge in [-0.25, -0.2) is 4.39 Å². The molecule has 1 aromatic rings. The lowest BCUT2D eigenvalue weighted by Crippen LogP contribution is -2.13. The van der Waals surface area contributed by atoms with Crippen LogP contribution in [0.15, 0.2) is 29.4 Å². The van der Waals surface area contributed by atoms with E-state index in [1.54, 1.807) is 23.0 Å². The Morgan fingerprint density at radius 2 is 2.07 bits per heavy atom. The van der Waals surface area contributed by atoms with Gasteiger partial charge >= 0.3 is 0 Å². The van der Waals surface area contributed by atoms with Gasteiger partial charge in [0.1, 0.15) is 5.82 Å². The number of rotatable bonds is 1. The predicted octanol–water partition coefficient (Wildman–Crippen LogP) is 0.335. The van der Waals surface area contributed by atoms with Crippen LogP contribution in [0, 0.1) is 5.82 Å². The molecule has 0 N–H and O–H groups in total. The van der Waals surface area contributed by atoms with Gasteiger partial charge in [0, 0.05) is 17.9 Å². The van der Waals surface area contributed by atoms with E-state index in [4.69, 9.17) is 0 Å². The standard InChI is InChI=1S/C10H9FN2O/c11-9-3-1-8(2-4-9)7-13-6-5-10(14)12-13/h1-4,7H,5-6H2. The van der Waals surface area contributed by atoms with E-state index in [0.29, 0.717) is 13.0 Å². The molecule has 0 radical (unpaired) electrons. The summed E-state index contributed by atoms with van der Waals surface area (Å²) in [6.07, 6.45) is 2.18. The van der Waals surface area contributed by atoms with Crippen LogP contribution in [0.1, 0.15) is 12.0 Å². The molecule has 0 atom stereocenters. The van der Waals surface area contributed by atoms with Gasteiger partial charge in [0.05, 0.1) is 0 Å². The number of hydrazone groups is 1. The lowest BCUT2D eigenvalue weighted by molar-refractivity contribution is -0.519. The molecule has 3 nitrogen and oxygen atoms in total. The molecule has 1 aliphatic rings. The van der Waals surface area contributed by atoms with Crippen molar-refractivity contribution in [1.82, 2.24) is 0 Å². The van der Waals surface area contributed by atoms with Crippen LogP contribution in [0.5, 0.6) is 0 Å². The third-order valence-electron chi connectivity index (χ3n) is 1.96. The summed E-state index contributed by atoms with van der Waals surface area (Å²) in [6, 6.07) is 6.05. The fourth-order valence-electron chi connectivity index (χ4n) is 1.27. The average Bonchev–Trinajstić information content (AvgIpc) is 2.56. The molecule has 1 heterocycles. The third kappa shape index (κ3) is 1.96. The van der Waals surface area contributed by atoms with Crippen LogP contribution in [0.2, 0.25) is 0 Å². The van der Waals surface area contributed by atoms with E-state index in [1.165, 1.54) is 12.1 Å². The maximum atomic E-state index is 12.6. The summed E-state index contributed by atoms with van der Waals surface area (Å²) in [7, 11) is 0. The van der Waals surface area contributed by atoms with Crippen molar-refractivity contribution in [3.63, 3.8) is 0 Å². The summed E-state index contributed by atoms with van der Waals surface area (Å²) in [5.41, 5.74) is 0.838. The SMILES string of the molecule is [O-]C1=N[N+](=Cc2ccc(F)cc2)CC1. The Labute approximate surface area is 80.8 Å². The summed E-state index contributed by atoms with van der Waals surface area (Å²) in [6.45, 7) is 0.607. The molecule has 0 saturated carbocycles. The molecule has 72 valence electrons. The third-order valence-corrected chi connectivity index (χ3v) is 1.96. The van der Waals surface area contributed by atoms with E-state index in [-0.39, 0.29) is 11.7 Å². The lowest BCUT2D eigenvalue weighted by atomic mass is 10.2. The van der Waals surface area contributed by atoms with E-state index < -0.39 is 0 Å². The highest BCUT2D eigenvalue weighted by molar-refractivity contribution is 5.77. The topological polar surface area (TPSA) is 38.4 Å². The molecule has 0 bridgehead atoms. The molecule has 0 spiro atoms. The van der Waals surface area contributed by atoms with Crippen LogP contribution < -0.4 is 5.11 Å². The van der Waals surface area contributed by atoms with Gasteiger partial charge in [-0.2, -0.15) is 0 Å². The summed E-state index contributed by atoms with van der Waals surface area (Å²) < 4.78 is 14.1. The molecule has 1 aromatic carbocycles. The summed E-state index contributed by atoms with van der Waals surface area (Å²) in [5.74, 6) is -0.375. The highest BCUT2D eigenvalue weighted by atomic mass is 19.1. The van der Waals surface area contributed by atoms with Gasteiger partial charge < -0.3 is 5.11 Å². The molecule has 0 unspecified atom stereocenters. The van der Waals surface area contributed by atoms with Gasteiger partial charge in [0.15, 0.2) is 6.54 Å². The molecule has 2 rings (SSSR count). The number of benzene rings is 1. The van der Waals surface area contributed by atoms with Gasteiger partial charge in [-0.15, -0.1) is 0 Å². The number of halogens is 1. The van der Waals surface area contributed by atoms with Crippen molar-refractivity contribution >= 4 is 12.1 Å². The van der Waals surface area contributed by atoms with Gasteiger partial charge in [0.25, 0.3) is 0 Å². The Bertz CT molecular complexity index is 395. The zero-order chi connectivity index (χ0) is 9.97. The van der Waals surface area contributed by atoms with Crippen LogP contribution in [0.25, 0.3) is 0 Å². The van der Waals surface area contributed by atoms with Crippen LogP contribution >= 0.6 is 0 Å². The molecular formula is C10H9FN2O. The molecule has 0 saturated heterocycles. The first-order chi connectivity index (χ1) is 6.74. The number of hydrogen-bond donors (Lipinski definition) is 0. The zero-order valence-corrected chi connectivity index (χ0v) is 7.48. The van der Waals surface area contributed by atoms with Crippen LogP contribution in [-0.2, 0) is 0 Å². The minimum Gasteiger partial charge on any atom is -0.857 e. The molecule has 4 heteroatoms. The number of hydrogen-bond acceptors (Lipinski definition) is 2. The van der Waals surface area contributed by atoms with Crippen LogP contribution in [0.3, 0.4) is 0 Å². The van der Waals surface area contributed by atoms with Crippen molar-refractivity contribution in [1.29, 1.82) is 0 Å². The second kappa shape index (κ2) is 3.57. The van der Waals surface area contributed by atoms with E-state index in [2.05, 4.69) is 5.10 Å². The maximum absolute atomic E-state index is 12.6. The Balaban J connectivity index is 2.22. The second-order valence-corrected chi connectivity index (χ2v) is 3.09. The second-order valence-electron chi connectivity index (χ2n) is 3.09. The molecule has 14 heavy (non-hydrogen) atoms. The lowest BCUT2D eigenvalue weighted by Gasteiger charge is -1.90. The monoisotopic (exact) mass is 192 g/mol. The Morgan fingerprint density at radius 3 is 2.64 bits per heavy atom. The first kappa shape index (κ1) is 8.87. The Morgan fingerprint density at radius 1 is 1.36 bits per heavy atom. The summed E-state index contributed by atoms with van der Waals surface area (Å²) >= 11 is 0. The Kier molecular flexibility index (Phi) is 2.26. The predicted molar refractivity (Wildman–Crippen MR) is 48.7 cm³/mol. The van der Waals surface area contributed by atoms with Crippen molar-refractivity contribution in [2.45, 2.75) is 6.42 Å². The van der Waals surface area contributed by atoms with E-state index in [0.717, 1.165) is 5.56 Å². The molecule has 0 aliphatic carbocycles. The normalized spacial score (nSPS) is 18.6. The summed E-state index contributed by atoms with van der Waals surface area (Å²) in [4.78, 5) is 0. The van der Waals surface area contributed by atoms with Gasteiger partial charge in [0.2, 0.25) is 6.21 Å². The highest BCUT2D eigenvalue weighted by Gasteiger charge is 2.10. The maximum Gasteiger partial charge on any atom is 0.203 e. The molecule has 0 aromatic heterocycles. The number of nitrogens with zero attached hydrogens (tertiary/aromatic N) is 2. The molecular weight excluding hydrogens is 183 g/mol. The first-order valence-corrected chi connectivity index (χ1v) is 4.35. The fraction of sp³-hybridized carbons (Fsp3) is 0.200. The van der Waals surface area contributed by atoms with Crippen LogP contribution in [0.4, 0.5) is 4.39 Å². The minimum absolute atomic E-state index is 0.108. The fourth-order valence-corrected chi connectivity index (χ4v) is 1.27. The van der Waals surface area contributed by atoms with Crippen molar-refractivity contribution in [2.24, 2.45) is 5.10 Å². The average molecular weight is 192 g/mol. The largest absolute Gasteiger partial charge is 0.857 e. The van der Waals surface area contributed by atoms with Crippen molar-refractivity contribution in [3.05, 3.63) is 35.6 Å². The summed E-state index contributed by atoms with van der Waals surface area (Å²) in [5, 5.41) is 14.6. The minimum atomic E-state index is -0.267. The van der Waals surface area contributed by atoms with Crippen LogP contribution in [-0.4, -0.2) is 23.3 Å². The Hall–Kier alpha value is -1.71. The molecule has 0 amide bonds. The quantitative estimate of drug-likeness (QED) is 0.591. The zero-order valence-electron chi connectivity index (χ0n) is 7.48.